The van der Waals surface area contributed by atoms with E-state index >= 15 is 0 Å². The van der Waals surface area contributed by atoms with Crippen molar-refractivity contribution in [2.24, 2.45) is 5.92 Å². The highest BCUT2D eigenvalue weighted by Crippen LogP contribution is 2.37. The number of thioether (sulfide) groups is 1. The number of likely N-dealkylation sites (tertiary alicyclic amines) is 1. The van der Waals surface area contributed by atoms with Crippen molar-refractivity contribution >= 4 is 29.2 Å². The summed E-state index contributed by atoms with van der Waals surface area (Å²) < 4.78 is 14.0. The number of aliphatic hydroxyl groups excluding tert-OH is 1. The van der Waals surface area contributed by atoms with Crippen LogP contribution >= 0.6 is 11.8 Å². The van der Waals surface area contributed by atoms with Crippen LogP contribution in [-0.4, -0.2) is 64.6 Å². The second kappa shape index (κ2) is 14.4. The van der Waals surface area contributed by atoms with Crippen molar-refractivity contribution in [3.8, 4) is 0 Å². The lowest BCUT2D eigenvalue weighted by Gasteiger charge is -2.33. The zero-order valence-electron chi connectivity index (χ0n) is 23.2. The standard InChI is InChI=1S/C31H44FN3O3S/c1-21-7-2-5-12-29(21)39-24-9-6-8-22(14-16-24)13-15-23(36)19-34-27-11-4-3-10-25(27)30(33)31(38)35-18-17-28(37)26(32)20-35/h2,5,7,12,22,24,26,28,33-34,37H,3-4,6,8-11,13-20H2,1H3/t22?,24?,26-,28-/m0/s1. The van der Waals surface area contributed by atoms with Gasteiger partial charge in [0.05, 0.1) is 19.2 Å². The maximum Gasteiger partial charge on any atom is 0.272 e. The van der Waals surface area contributed by atoms with E-state index in [0.717, 1.165) is 25.0 Å². The number of hydrogen-bond donors (Lipinski definition) is 3. The average molecular weight is 558 g/mol. The van der Waals surface area contributed by atoms with Gasteiger partial charge in [-0.15, -0.1) is 11.8 Å². The van der Waals surface area contributed by atoms with Crippen molar-refractivity contribution in [2.75, 3.05) is 19.6 Å². The Bertz CT molecular complexity index is 1060. The normalized spacial score (nSPS) is 26.2. The Labute approximate surface area is 236 Å². The Morgan fingerprint density at radius 2 is 1.90 bits per heavy atom. The van der Waals surface area contributed by atoms with Crippen molar-refractivity contribution in [3.63, 3.8) is 0 Å². The molecule has 8 heteroatoms. The van der Waals surface area contributed by atoms with E-state index in [1.165, 1.54) is 47.5 Å². The number of nitrogens with one attached hydrogen (secondary N) is 2. The van der Waals surface area contributed by atoms with Crippen LogP contribution in [-0.2, 0) is 9.59 Å². The third-order valence-corrected chi connectivity index (χ3v) is 10.0. The van der Waals surface area contributed by atoms with Gasteiger partial charge < -0.3 is 15.3 Å². The Hall–Kier alpha value is -2.19. The first-order valence-electron chi connectivity index (χ1n) is 14.7. The number of allylic oxidation sites excluding steroid dienone is 1. The summed E-state index contributed by atoms with van der Waals surface area (Å²) in [5.41, 5.74) is 2.70. The molecule has 0 aromatic heterocycles. The minimum absolute atomic E-state index is 0.107. The molecule has 2 unspecified atom stereocenters. The maximum absolute atomic E-state index is 14.0. The summed E-state index contributed by atoms with van der Waals surface area (Å²) in [4.78, 5) is 28.4. The number of hydrogen-bond acceptors (Lipinski definition) is 6. The van der Waals surface area contributed by atoms with Crippen LogP contribution in [0, 0.1) is 18.3 Å². The fourth-order valence-corrected chi connectivity index (χ4v) is 7.33. The molecule has 0 radical (unpaired) electrons. The molecule has 2 aliphatic carbocycles. The number of aryl methyl sites for hydroxylation is 1. The third-order valence-electron chi connectivity index (χ3n) is 8.53. The molecule has 1 aromatic rings. The number of Topliss-reactive ketones (excluding diaryl/α,β-unsaturated/α-hetero) is 1. The fourth-order valence-electron chi connectivity index (χ4n) is 6.02. The number of amides is 1. The number of halogens is 1. The Morgan fingerprint density at radius 3 is 2.69 bits per heavy atom. The van der Waals surface area contributed by atoms with Gasteiger partial charge in [-0.3, -0.25) is 15.0 Å². The molecule has 3 N–H and O–H groups in total. The molecule has 1 aliphatic heterocycles. The fraction of sp³-hybridized carbons (Fsp3) is 0.645. The van der Waals surface area contributed by atoms with E-state index in [4.69, 9.17) is 5.41 Å². The first kappa shape index (κ1) is 29.8. The number of aliphatic hydroxyl groups is 1. The van der Waals surface area contributed by atoms with Gasteiger partial charge in [0, 0.05) is 34.4 Å². The summed E-state index contributed by atoms with van der Waals surface area (Å²) in [6, 6.07) is 8.60. The second-order valence-electron chi connectivity index (χ2n) is 11.5. The van der Waals surface area contributed by atoms with Gasteiger partial charge >= 0.3 is 0 Å². The first-order valence-corrected chi connectivity index (χ1v) is 15.6. The SMILES string of the molecule is Cc1ccccc1SC1CCCC(CCC(=O)CNC2=C(C(=N)C(=O)N3CC[C@H](O)[C@@H](F)C3)CCCC2)CC1. The Kier molecular flexibility index (Phi) is 11.0. The van der Waals surface area contributed by atoms with Gasteiger partial charge in [0.15, 0.2) is 5.78 Å². The molecule has 1 saturated carbocycles. The summed E-state index contributed by atoms with van der Waals surface area (Å²) in [6.07, 6.45) is 8.32. The van der Waals surface area contributed by atoms with E-state index in [1.807, 2.05) is 11.8 Å². The lowest BCUT2D eigenvalue weighted by atomic mass is 9.91. The Balaban J connectivity index is 1.23. The number of nitrogens with zero attached hydrogens (tertiary/aromatic N) is 1. The molecule has 0 spiro atoms. The van der Waals surface area contributed by atoms with Crippen LogP contribution in [0.4, 0.5) is 4.39 Å². The molecule has 4 rings (SSSR count). The van der Waals surface area contributed by atoms with Crippen LogP contribution in [0.2, 0.25) is 0 Å². The highest BCUT2D eigenvalue weighted by molar-refractivity contribution is 8.00. The molecular weight excluding hydrogens is 513 g/mol. The molecule has 6 nitrogen and oxygen atoms in total. The predicted octanol–water partition coefficient (Wildman–Crippen LogP) is 5.75. The van der Waals surface area contributed by atoms with Gasteiger partial charge in [0.25, 0.3) is 5.91 Å². The van der Waals surface area contributed by atoms with E-state index in [9.17, 15) is 19.1 Å². The van der Waals surface area contributed by atoms with E-state index in [1.54, 1.807) is 0 Å². The number of piperidine rings is 1. The van der Waals surface area contributed by atoms with Crippen molar-refractivity contribution < 1.29 is 19.1 Å². The van der Waals surface area contributed by atoms with E-state index < -0.39 is 18.2 Å². The molecule has 1 aromatic carbocycles. The third kappa shape index (κ3) is 8.40. The van der Waals surface area contributed by atoms with Gasteiger partial charge in [-0.1, -0.05) is 31.0 Å². The van der Waals surface area contributed by atoms with Crippen LogP contribution in [0.5, 0.6) is 0 Å². The van der Waals surface area contributed by atoms with Crippen molar-refractivity contribution in [3.05, 3.63) is 41.1 Å². The quantitative estimate of drug-likeness (QED) is 0.251. The van der Waals surface area contributed by atoms with Crippen molar-refractivity contribution in [1.29, 1.82) is 5.41 Å². The predicted molar refractivity (Wildman–Crippen MR) is 155 cm³/mol. The van der Waals surface area contributed by atoms with Gasteiger partial charge in [-0.05, 0) is 82.3 Å². The summed E-state index contributed by atoms with van der Waals surface area (Å²) in [6.45, 7) is 2.48. The minimum Gasteiger partial charge on any atom is -0.390 e. The number of carbonyl (C=O) groups is 2. The Morgan fingerprint density at radius 1 is 1.10 bits per heavy atom. The average Bonchev–Trinajstić information content (AvgIpc) is 3.18. The lowest BCUT2D eigenvalue weighted by molar-refractivity contribution is -0.128. The van der Waals surface area contributed by atoms with Crippen LogP contribution < -0.4 is 5.32 Å². The largest absolute Gasteiger partial charge is 0.390 e. The van der Waals surface area contributed by atoms with Crippen LogP contribution in [0.15, 0.2) is 40.4 Å². The van der Waals surface area contributed by atoms with E-state index in [-0.39, 0.29) is 37.6 Å². The molecule has 39 heavy (non-hydrogen) atoms. The number of benzene rings is 1. The van der Waals surface area contributed by atoms with Gasteiger partial charge in [-0.25, -0.2) is 4.39 Å². The van der Waals surface area contributed by atoms with E-state index in [2.05, 4.69) is 36.5 Å². The zero-order valence-corrected chi connectivity index (χ0v) is 24.0. The summed E-state index contributed by atoms with van der Waals surface area (Å²) in [5, 5.41) is 22.1. The summed E-state index contributed by atoms with van der Waals surface area (Å²) in [7, 11) is 0. The molecular formula is C31H44FN3O3S. The maximum atomic E-state index is 14.0. The summed E-state index contributed by atoms with van der Waals surface area (Å²) in [5.74, 6) is 0.277. The molecule has 3 aliphatic rings. The molecule has 0 bridgehead atoms. The minimum atomic E-state index is -1.47. The molecule has 1 saturated heterocycles. The van der Waals surface area contributed by atoms with E-state index in [0.29, 0.717) is 36.0 Å². The highest BCUT2D eigenvalue weighted by atomic mass is 32.2. The van der Waals surface area contributed by atoms with Crippen molar-refractivity contribution in [1.82, 2.24) is 10.2 Å². The smallest absolute Gasteiger partial charge is 0.272 e. The number of alkyl halides is 1. The van der Waals surface area contributed by atoms with Crippen LogP contribution in [0.25, 0.3) is 0 Å². The zero-order chi connectivity index (χ0) is 27.8. The molecule has 214 valence electrons. The molecule has 1 amide bonds. The molecule has 4 atom stereocenters. The topological polar surface area (TPSA) is 93.5 Å². The number of carbonyl (C=O) groups excluding carboxylic acids is 2. The second-order valence-corrected chi connectivity index (χ2v) is 12.8. The number of ketones is 1. The van der Waals surface area contributed by atoms with Crippen LogP contribution in [0.1, 0.15) is 82.6 Å². The monoisotopic (exact) mass is 557 g/mol. The highest BCUT2D eigenvalue weighted by Gasteiger charge is 2.33. The van der Waals surface area contributed by atoms with Gasteiger partial charge in [-0.2, -0.15) is 0 Å². The van der Waals surface area contributed by atoms with Gasteiger partial charge in [0.1, 0.15) is 11.9 Å². The summed E-state index contributed by atoms with van der Waals surface area (Å²) >= 11 is 2.01. The number of rotatable bonds is 10. The molecule has 2 fully saturated rings. The first-order chi connectivity index (χ1) is 18.8. The van der Waals surface area contributed by atoms with Crippen molar-refractivity contribution in [2.45, 2.75) is 106 Å². The van der Waals surface area contributed by atoms with Gasteiger partial charge in [0.2, 0.25) is 0 Å². The van der Waals surface area contributed by atoms with Crippen LogP contribution in [0.3, 0.4) is 0 Å². The lowest BCUT2D eigenvalue weighted by Crippen LogP contribution is -2.49. The molecule has 1 heterocycles.